The van der Waals surface area contributed by atoms with Gasteiger partial charge in [-0.25, -0.2) is 17.8 Å². The van der Waals surface area contributed by atoms with E-state index in [1.165, 1.54) is 0 Å². The van der Waals surface area contributed by atoms with Crippen LogP contribution in [0.5, 0.6) is 0 Å². The van der Waals surface area contributed by atoms with Crippen molar-refractivity contribution < 1.29 is 12.9 Å². The Morgan fingerprint density at radius 2 is 1.89 bits per heavy atom. The predicted molar refractivity (Wildman–Crippen MR) is 102 cm³/mol. The molecular formula is C19H24N4O3S. The van der Waals surface area contributed by atoms with Gasteiger partial charge in [0.1, 0.15) is 4.90 Å². The average molecular weight is 388 g/mol. The minimum absolute atomic E-state index is 0.0445. The monoisotopic (exact) mass is 388 g/mol. The topological polar surface area (TPSA) is 90.0 Å². The molecule has 0 spiro atoms. The fourth-order valence-electron chi connectivity index (χ4n) is 3.03. The van der Waals surface area contributed by atoms with Crippen molar-refractivity contribution in [3.05, 3.63) is 59.2 Å². The van der Waals surface area contributed by atoms with Crippen molar-refractivity contribution in [3.63, 3.8) is 0 Å². The summed E-state index contributed by atoms with van der Waals surface area (Å²) < 4.78 is 35.2. The van der Waals surface area contributed by atoms with E-state index < -0.39 is 10.0 Å². The summed E-state index contributed by atoms with van der Waals surface area (Å²) >= 11 is 0. The lowest BCUT2D eigenvalue weighted by molar-refractivity contribution is 0.372. The third kappa shape index (κ3) is 4.28. The maximum absolute atomic E-state index is 12.8. The molecular weight excluding hydrogens is 364 g/mol. The van der Waals surface area contributed by atoms with Gasteiger partial charge in [0, 0.05) is 6.07 Å². The molecule has 2 heterocycles. The number of nitrogens with one attached hydrogen (secondary N) is 1. The van der Waals surface area contributed by atoms with Gasteiger partial charge in [0.25, 0.3) is 0 Å². The lowest BCUT2D eigenvalue weighted by Gasteiger charge is -2.07. The Bertz CT molecular complexity index is 1020. The number of benzene rings is 1. The zero-order chi connectivity index (χ0) is 19.6. The van der Waals surface area contributed by atoms with Crippen molar-refractivity contribution in [3.8, 4) is 5.69 Å². The molecule has 0 fully saturated rings. The molecule has 8 heteroatoms. The first-order chi connectivity index (χ1) is 12.8. The maximum atomic E-state index is 12.8. The highest BCUT2D eigenvalue weighted by Gasteiger charge is 2.25. The summed E-state index contributed by atoms with van der Waals surface area (Å²) in [5.41, 5.74) is 2.64. The van der Waals surface area contributed by atoms with Crippen LogP contribution in [0.4, 0.5) is 0 Å². The van der Waals surface area contributed by atoms with Gasteiger partial charge >= 0.3 is 0 Å². The number of para-hydroxylation sites is 1. The van der Waals surface area contributed by atoms with Gasteiger partial charge in [-0.1, -0.05) is 37.2 Å². The number of aromatic nitrogens is 3. The highest BCUT2D eigenvalue weighted by atomic mass is 32.2. The fourth-order valence-corrected chi connectivity index (χ4v) is 4.41. The summed E-state index contributed by atoms with van der Waals surface area (Å²) in [5, 5.41) is 8.38. The number of hydrogen-bond acceptors (Lipinski definition) is 5. The summed E-state index contributed by atoms with van der Waals surface area (Å²) in [5.74, 6) is 0.939. The van der Waals surface area contributed by atoms with Gasteiger partial charge < -0.3 is 4.52 Å². The van der Waals surface area contributed by atoms with E-state index in [-0.39, 0.29) is 11.4 Å². The van der Waals surface area contributed by atoms with Gasteiger partial charge in [0.05, 0.1) is 29.3 Å². The van der Waals surface area contributed by atoms with Crippen LogP contribution < -0.4 is 4.72 Å². The Morgan fingerprint density at radius 3 is 2.56 bits per heavy atom. The largest absolute Gasteiger partial charge is 0.360 e. The smallest absolute Gasteiger partial charge is 0.244 e. The second-order valence-electron chi connectivity index (χ2n) is 6.95. The first kappa shape index (κ1) is 19.3. The number of sulfonamides is 1. The standard InChI is InChI=1S/C19H24N4O3S/c1-13(2)10-16-11-18(26-22-16)12-20-27(24,25)19-14(3)21-23(15(19)4)17-8-6-5-7-9-17/h5-9,11,13,20H,10,12H2,1-4H3. The second-order valence-corrected chi connectivity index (χ2v) is 8.66. The van der Waals surface area contributed by atoms with Gasteiger partial charge in [-0.15, -0.1) is 0 Å². The van der Waals surface area contributed by atoms with Crippen LogP contribution in [-0.2, 0) is 23.0 Å². The van der Waals surface area contributed by atoms with E-state index >= 15 is 0 Å². The minimum atomic E-state index is -3.74. The third-order valence-corrected chi connectivity index (χ3v) is 5.81. The highest BCUT2D eigenvalue weighted by molar-refractivity contribution is 7.89. The van der Waals surface area contributed by atoms with Crippen LogP contribution in [-0.4, -0.2) is 23.4 Å². The van der Waals surface area contributed by atoms with Gasteiger partial charge in [0.15, 0.2) is 5.76 Å². The van der Waals surface area contributed by atoms with Gasteiger partial charge in [-0.2, -0.15) is 5.10 Å². The second kappa shape index (κ2) is 7.66. The van der Waals surface area contributed by atoms with E-state index in [2.05, 4.69) is 28.8 Å². The van der Waals surface area contributed by atoms with Crippen molar-refractivity contribution >= 4 is 10.0 Å². The maximum Gasteiger partial charge on any atom is 0.244 e. The summed E-state index contributed by atoms with van der Waals surface area (Å²) in [6, 6.07) is 11.2. The lowest BCUT2D eigenvalue weighted by Crippen LogP contribution is -2.24. The van der Waals surface area contributed by atoms with E-state index in [4.69, 9.17) is 4.52 Å². The molecule has 7 nitrogen and oxygen atoms in total. The normalized spacial score (nSPS) is 12.0. The Kier molecular flexibility index (Phi) is 5.48. The van der Waals surface area contributed by atoms with Gasteiger partial charge in [0.2, 0.25) is 10.0 Å². The molecule has 1 aromatic carbocycles. The van der Waals surface area contributed by atoms with Crippen LogP contribution in [0.25, 0.3) is 5.69 Å². The zero-order valence-electron chi connectivity index (χ0n) is 15.9. The zero-order valence-corrected chi connectivity index (χ0v) is 16.7. The minimum Gasteiger partial charge on any atom is -0.360 e. The average Bonchev–Trinajstić information content (AvgIpc) is 3.17. The Hall–Kier alpha value is -2.45. The Balaban J connectivity index is 1.81. The molecule has 0 amide bonds. The molecule has 1 N–H and O–H groups in total. The molecule has 0 radical (unpaired) electrons. The molecule has 0 saturated heterocycles. The van der Waals surface area contributed by atoms with Crippen molar-refractivity contribution in [2.45, 2.75) is 45.6 Å². The molecule has 0 aliphatic rings. The van der Waals surface area contributed by atoms with Crippen molar-refractivity contribution in [1.82, 2.24) is 19.7 Å². The molecule has 0 bridgehead atoms. The van der Waals surface area contributed by atoms with Crippen LogP contribution in [0.1, 0.15) is 36.7 Å². The molecule has 0 saturated carbocycles. The summed E-state index contributed by atoms with van der Waals surface area (Å²) in [7, 11) is -3.74. The summed E-state index contributed by atoms with van der Waals surface area (Å²) in [6.45, 7) is 7.66. The van der Waals surface area contributed by atoms with Gasteiger partial charge in [-0.05, 0) is 38.3 Å². The Labute approximate surface area is 159 Å². The molecule has 2 aromatic heterocycles. The molecule has 0 aliphatic carbocycles. The van der Waals surface area contributed by atoms with Crippen LogP contribution in [0.15, 0.2) is 45.8 Å². The third-order valence-electron chi connectivity index (χ3n) is 4.16. The molecule has 0 atom stereocenters. The van der Waals surface area contributed by atoms with Crippen molar-refractivity contribution in [2.24, 2.45) is 5.92 Å². The first-order valence-corrected chi connectivity index (χ1v) is 10.3. The van der Waals surface area contributed by atoms with E-state index in [9.17, 15) is 8.42 Å². The molecule has 144 valence electrons. The molecule has 3 rings (SSSR count). The molecule has 3 aromatic rings. The fraction of sp³-hybridized carbons (Fsp3) is 0.368. The quantitative estimate of drug-likeness (QED) is 0.671. The van der Waals surface area contributed by atoms with Crippen molar-refractivity contribution in [1.29, 1.82) is 0 Å². The number of hydrogen-bond donors (Lipinski definition) is 1. The van der Waals surface area contributed by atoms with E-state index in [1.54, 1.807) is 24.6 Å². The number of rotatable bonds is 7. The SMILES string of the molecule is Cc1nn(-c2ccccc2)c(C)c1S(=O)(=O)NCc1cc(CC(C)C)no1. The van der Waals surface area contributed by atoms with Gasteiger partial charge in [-0.3, -0.25) is 0 Å². The van der Waals surface area contributed by atoms with Crippen LogP contribution in [0, 0.1) is 19.8 Å². The number of aryl methyl sites for hydroxylation is 1. The first-order valence-electron chi connectivity index (χ1n) is 8.83. The Morgan fingerprint density at radius 1 is 1.19 bits per heavy atom. The highest BCUT2D eigenvalue weighted by Crippen LogP contribution is 2.22. The predicted octanol–water partition coefficient (Wildman–Crippen LogP) is 3.15. The van der Waals surface area contributed by atoms with Crippen molar-refractivity contribution in [2.75, 3.05) is 0 Å². The summed E-state index contributed by atoms with van der Waals surface area (Å²) in [6.07, 6.45) is 0.790. The molecule has 0 unspecified atom stereocenters. The number of nitrogens with zero attached hydrogens (tertiary/aromatic N) is 3. The summed E-state index contributed by atoms with van der Waals surface area (Å²) in [4.78, 5) is 0.188. The van der Waals surface area contributed by atoms with E-state index in [0.29, 0.717) is 23.1 Å². The van der Waals surface area contributed by atoms with E-state index in [0.717, 1.165) is 17.8 Å². The van der Waals surface area contributed by atoms with E-state index in [1.807, 2.05) is 30.3 Å². The molecule has 0 aliphatic heterocycles. The van der Waals surface area contributed by atoms with Crippen LogP contribution >= 0.6 is 0 Å². The van der Waals surface area contributed by atoms with Crippen LogP contribution in [0.2, 0.25) is 0 Å². The van der Waals surface area contributed by atoms with Crippen LogP contribution in [0.3, 0.4) is 0 Å². The molecule has 27 heavy (non-hydrogen) atoms. The lowest BCUT2D eigenvalue weighted by atomic mass is 10.1.